The molecule has 2 nitrogen and oxygen atoms in total. The Morgan fingerprint density at radius 1 is 0.853 bits per heavy atom. The van der Waals surface area contributed by atoms with Crippen molar-refractivity contribution in [2.75, 3.05) is 0 Å². The molecular weight excluding hydrogens is 614 g/mol. The van der Waals surface area contributed by atoms with Crippen molar-refractivity contribution in [1.29, 1.82) is 0 Å². The van der Waals surface area contributed by atoms with Crippen molar-refractivity contribution in [2.45, 2.75) is 12.8 Å². The Kier molecular flexibility index (Phi) is 6.65. The van der Waals surface area contributed by atoms with E-state index in [0.29, 0.717) is 16.5 Å². The SMILES string of the molecule is Cc1c(F)c[c-]c2c1C(F)(F)c1cccc3ccnc-2c13.[Ir].[c-]1ccccc1-c1ccccn1. The maximum Gasteiger partial charge on any atom is 0.267 e. The molecule has 171 valence electrons. The number of halogens is 3. The number of hydrogen-bond acceptors (Lipinski definition) is 2. The van der Waals surface area contributed by atoms with Crippen LogP contribution in [0.1, 0.15) is 16.7 Å². The summed E-state index contributed by atoms with van der Waals surface area (Å²) < 4.78 is 43.5. The Bertz CT molecular complexity index is 1410. The predicted octanol–water partition coefficient (Wildman–Crippen LogP) is 7.15. The van der Waals surface area contributed by atoms with Crippen LogP contribution in [0.3, 0.4) is 0 Å². The van der Waals surface area contributed by atoms with Gasteiger partial charge in [0.2, 0.25) is 0 Å². The van der Waals surface area contributed by atoms with Crippen molar-refractivity contribution >= 4 is 10.8 Å². The van der Waals surface area contributed by atoms with Crippen LogP contribution in [0, 0.1) is 24.9 Å². The molecule has 34 heavy (non-hydrogen) atoms. The molecule has 1 radical (unpaired) electrons. The fraction of sp³-hybridized carbons (Fsp3) is 0.0714. The van der Waals surface area contributed by atoms with Crippen molar-refractivity contribution < 1.29 is 33.3 Å². The molecule has 0 spiro atoms. The summed E-state index contributed by atoms with van der Waals surface area (Å²) in [5, 5.41) is 1.11. The number of rotatable bonds is 1. The molecular formula is C28H17F3IrN2-2. The summed E-state index contributed by atoms with van der Waals surface area (Å²) in [6.45, 7) is 1.37. The number of aromatic nitrogens is 2. The molecule has 0 bridgehead atoms. The van der Waals surface area contributed by atoms with E-state index < -0.39 is 11.7 Å². The average molecular weight is 631 g/mol. The van der Waals surface area contributed by atoms with Gasteiger partial charge in [0.15, 0.2) is 0 Å². The van der Waals surface area contributed by atoms with Gasteiger partial charge in [-0.3, -0.25) is 4.39 Å². The minimum absolute atomic E-state index is 0. The summed E-state index contributed by atoms with van der Waals surface area (Å²) in [5.74, 6) is -3.94. The predicted molar refractivity (Wildman–Crippen MR) is 122 cm³/mol. The molecule has 0 saturated carbocycles. The van der Waals surface area contributed by atoms with Crippen molar-refractivity contribution in [3.63, 3.8) is 0 Å². The molecule has 1 aliphatic carbocycles. The zero-order chi connectivity index (χ0) is 23.0. The van der Waals surface area contributed by atoms with Crippen LogP contribution < -0.4 is 0 Å². The summed E-state index contributed by atoms with van der Waals surface area (Å²) in [6, 6.07) is 27.0. The zero-order valence-electron chi connectivity index (χ0n) is 17.9. The van der Waals surface area contributed by atoms with Crippen LogP contribution in [-0.2, 0) is 26.0 Å². The van der Waals surface area contributed by atoms with E-state index in [1.54, 1.807) is 30.6 Å². The first-order valence-corrected chi connectivity index (χ1v) is 10.3. The quantitative estimate of drug-likeness (QED) is 0.184. The van der Waals surface area contributed by atoms with E-state index in [1.165, 1.54) is 13.0 Å². The normalized spacial score (nSPS) is 12.7. The van der Waals surface area contributed by atoms with E-state index in [0.717, 1.165) is 17.3 Å². The molecule has 0 unspecified atom stereocenters. The number of pyridine rings is 2. The maximum atomic E-state index is 14.9. The summed E-state index contributed by atoms with van der Waals surface area (Å²) in [6.07, 6.45) is 3.36. The third-order valence-electron chi connectivity index (χ3n) is 5.66. The van der Waals surface area contributed by atoms with Gasteiger partial charge in [-0.25, -0.2) is 8.78 Å². The minimum Gasteiger partial charge on any atom is -0.305 e. The van der Waals surface area contributed by atoms with Gasteiger partial charge in [-0.15, -0.1) is 53.6 Å². The van der Waals surface area contributed by atoms with Crippen LogP contribution in [0.15, 0.2) is 85.2 Å². The topological polar surface area (TPSA) is 25.8 Å². The van der Waals surface area contributed by atoms with E-state index in [1.807, 2.05) is 42.5 Å². The standard InChI is InChI=1S/C17H9F3N.C11H8N.Ir/c1-9-13(18)6-5-11-15(9)17(19,20)12-4-2-3-10-7-8-21-16(11)14(10)12;1-2-6-10(7-3-1)11-8-4-5-9-12-11;/h2-4,6-8H,1H3;1-6,8-9H;/q2*-1;. The number of hydrogen-bond donors (Lipinski definition) is 0. The molecule has 0 N–H and O–H groups in total. The second kappa shape index (κ2) is 9.49. The van der Waals surface area contributed by atoms with Crippen molar-refractivity contribution in [3.05, 3.63) is 120 Å². The fourth-order valence-electron chi connectivity index (χ4n) is 4.09. The third-order valence-corrected chi connectivity index (χ3v) is 5.66. The summed E-state index contributed by atoms with van der Waals surface area (Å²) in [7, 11) is 0. The second-order valence-electron chi connectivity index (χ2n) is 7.64. The monoisotopic (exact) mass is 631 g/mol. The van der Waals surface area contributed by atoms with Gasteiger partial charge in [-0.1, -0.05) is 42.8 Å². The molecule has 0 amide bonds. The zero-order valence-corrected chi connectivity index (χ0v) is 20.3. The van der Waals surface area contributed by atoms with Crippen LogP contribution in [-0.4, -0.2) is 9.97 Å². The average Bonchev–Trinajstić information content (AvgIpc) is 2.85. The van der Waals surface area contributed by atoms with Gasteiger partial charge < -0.3 is 9.97 Å². The van der Waals surface area contributed by atoms with Crippen LogP contribution in [0.25, 0.3) is 33.3 Å². The van der Waals surface area contributed by atoms with Crippen molar-refractivity contribution in [3.8, 4) is 22.5 Å². The molecule has 2 heterocycles. The molecule has 0 atom stereocenters. The number of fused-ring (bicyclic) bond motifs is 2. The molecule has 0 fully saturated rings. The smallest absolute Gasteiger partial charge is 0.267 e. The van der Waals surface area contributed by atoms with E-state index in [4.69, 9.17) is 0 Å². The third kappa shape index (κ3) is 4.04. The van der Waals surface area contributed by atoms with Gasteiger partial charge in [-0.05, 0) is 39.9 Å². The summed E-state index contributed by atoms with van der Waals surface area (Å²) in [4.78, 5) is 8.45. The molecule has 6 heteroatoms. The Morgan fingerprint density at radius 3 is 2.41 bits per heavy atom. The van der Waals surface area contributed by atoms with Crippen molar-refractivity contribution in [1.82, 2.24) is 9.97 Å². The van der Waals surface area contributed by atoms with Gasteiger partial charge in [0.1, 0.15) is 0 Å². The molecule has 1 aliphatic rings. The first-order valence-electron chi connectivity index (χ1n) is 10.3. The number of nitrogens with zero attached hydrogens (tertiary/aromatic N) is 2. The van der Waals surface area contributed by atoms with Crippen LogP contribution in [0.2, 0.25) is 0 Å². The summed E-state index contributed by atoms with van der Waals surface area (Å²) >= 11 is 0. The van der Waals surface area contributed by atoms with E-state index in [9.17, 15) is 13.2 Å². The Balaban J connectivity index is 0.000000180. The maximum absolute atomic E-state index is 14.9. The van der Waals surface area contributed by atoms with E-state index in [2.05, 4.69) is 22.1 Å². The summed E-state index contributed by atoms with van der Waals surface area (Å²) in [5.41, 5.74) is 2.12. The number of alkyl halides is 2. The molecule has 0 aliphatic heterocycles. The van der Waals surface area contributed by atoms with E-state index in [-0.39, 0.29) is 42.4 Å². The van der Waals surface area contributed by atoms with Gasteiger partial charge in [0.25, 0.3) is 5.92 Å². The van der Waals surface area contributed by atoms with Gasteiger partial charge >= 0.3 is 0 Å². The molecule has 0 saturated heterocycles. The van der Waals surface area contributed by atoms with E-state index >= 15 is 0 Å². The first-order chi connectivity index (χ1) is 16.0. The van der Waals surface area contributed by atoms with Gasteiger partial charge in [-0.2, -0.15) is 0 Å². The molecule has 5 aromatic rings. The van der Waals surface area contributed by atoms with Crippen LogP contribution >= 0.6 is 0 Å². The molecule has 3 aromatic carbocycles. The van der Waals surface area contributed by atoms with Crippen LogP contribution in [0.4, 0.5) is 13.2 Å². The van der Waals surface area contributed by atoms with Crippen molar-refractivity contribution in [2.24, 2.45) is 0 Å². The molecule has 6 rings (SSSR count). The Hall–Kier alpha value is -3.34. The molecule has 2 aromatic heterocycles. The van der Waals surface area contributed by atoms with Gasteiger partial charge in [0.05, 0.1) is 0 Å². The van der Waals surface area contributed by atoms with Crippen LogP contribution in [0.5, 0.6) is 0 Å². The largest absolute Gasteiger partial charge is 0.305 e. The Labute approximate surface area is 208 Å². The number of benzene rings is 3. The second-order valence-corrected chi connectivity index (χ2v) is 7.64. The first kappa shape index (κ1) is 23.8. The fourth-order valence-corrected chi connectivity index (χ4v) is 4.09. The minimum atomic E-state index is -3.26. The Morgan fingerprint density at radius 2 is 1.68 bits per heavy atom. The van der Waals surface area contributed by atoms with Gasteiger partial charge in [0, 0.05) is 43.9 Å².